The zero-order valence-electron chi connectivity index (χ0n) is 32.5. The zero-order valence-corrected chi connectivity index (χ0v) is 32.5. The number of aryl methyl sites for hydroxylation is 1. The second-order valence-electron chi connectivity index (χ2n) is 14.7. The Morgan fingerprint density at radius 1 is 1.10 bits per heavy atom. The molecule has 4 aromatic rings. The minimum Gasteiger partial charge on any atom is -0.458 e. The number of alkyl carbamates (subject to hydrolysis) is 1. The number of nitrogens with one attached hydrogen (secondary N) is 4. The van der Waals surface area contributed by atoms with Crippen molar-refractivity contribution in [2.24, 2.45) is 5.11 Å². The number of anilines is 1. The Kier molecular flexibility index (Phi) is 10.8. The van der Waals surface area contributed by atoms with Crippen LogP contribution in [0, 0.1) is 12.7 Å². The van der Waals surface area contributed by atoms with Gasteiger partial charge in [-0.25, -0.2) is 19.0 Å². The van der Waals surface area contributed by atoms with Gasteiger partial charge < -0.3 is 40.4 Å². The van der Waals surface area contributed by atoms with Gasteiger partial charge in [0.15, 0.2) is 5.60 Å². The minimum atomic E-state index is -2.02. The highest BCUT2D eigenvalue weighted by Gasteiger charge is 2.46. The topological polar surface area (TPSA) is 256 Å². The Morgan fingerprint density at radius 2 is 1.83 bits per heavy atom. The molecule has 1 aliphatic carbocycles. The monoisotopic (exact) mass is 809 g/mol. The molecule has 0 radical (unpaired) electrons. The number of hydrogen-bond donors (Lipinski definition) is 5. The Bertz CT molecular complexity index is 2570. The van der Waals surface area contributed by atoms with Gasteiger partial charge in [-0.15, -0.1) is 0 Å². The molecule has 19 heteroatoms. The lowest BCUT2D eigenvalue weighted by Crippen LogP contribution is -2.50. The van der Waals surface area contributed by atoms with Crippen LogP contribution in [0.5, 0.6) is 0 Å². The summed E-state index contributed by atoms with van der Waals surface area (Å²) in [5.41, 5.74) is 10.8. The molecule has 3 aliphatic rings. The second-order valence-corrected chi connectivity index (χ2v) is 14.7. The predicted molar refractivity (Wildman–Crippen MR) is 208 cm³/mol. The van der Waals surface area contributed by atoms with E-state index in [1.54, 1.807) is 44.2 Å². The number of esters is 1. The molecule has 0 spiro atoms. The van der Waals surface area contributed by atoms with Crippen LogP contribution in [0.1, 0.15) is 78.6 Å². The number of benzene rings is 2. The number of pyridine rings is 2. The molecule has 0 saturated heterocycles. The van der Waals surface area contributed by atoms with Gasteiger partial charge in [0.25, 0.3) is 5.56 Å². The molecule has 2 aromatic heterocycles. The number of carbonyl (C=O) groups is 5. The van der Waals surface area contributed by atoms with Crippen LogP contribution in [0.3, 0.4) is 0 Å². The van der Waals surface area contributed by atoms with Crippen molar-refractivity contribution in [3.05, 3.63) is 102 Å². The third-order valence-corrected chi connectivity index (χ3v) is 11.1. The van der Waals surface area contributed by atoms with Crippen molar-refractivity contribution >= 4 is 46.4 Å². The average Bonchev–Trinajstić information content (AvgIpc) is 3.59. The van der Waals surface area contributed by atoms with E-state index in [4.69, 9.17) is 20.0 Å². The lowest BCUT2D eigenvalue weighted by atomic mass is 9.81. The third kappa shape index (κ3) is 7.41. The van der Waals surface area contributed by atoms with Crippen molar-refractivity contribution < 1.29 is 42.9 Å². The number of hydrogen-bond acceptors (Lipinski definition) is 11. The largest absolute Gasteiger partial charge is 0.458 e. The minimum absolute atomic E-state index is 0.0262. The molecule has 4 amide bonds. The number of azide groups is 1. The maximum absolute atomic E-state index is 15.3. The summed E-state index contributed by atoms with van der Waals surface area (Å²) in [5.74, 6) is -3.09. The van der Waals surface area contributed by atoms with Gasteiger partial charge in [0.1, 0.15) is 37.7 Å². The van der Waals surface area contributed by atoms with Gasteiger partial charge >= 0.3 is 12.1 Å². The Balaban J connectivity index is 1.05. The maximum Gasteiger partial charge on any atom is 0.407 e. The van der Waals surface area contributed by atoms with Gasteiger partial charge in [0.2, 0.25) is 17.7 Å². The van der Waals surface area contributed by atoms with Crippen molar-refractivity contribution in [3.8, 4) is 11.4 Å². The molecule has 0 unspecified atom stereocenters. The number of aromatic nitrogens is 2. The smallest absolute Gasteiger partial charge is 0.407 e. The summed E-state index contributed by atoms with van der Waals surface area (Å²) in [7, 11) is 0. The number of cyclic esters (lactones) is 1. The first-order valence-electron chi connectivity index (χ1n) is 18.9. The highest BCUT2D eigenvalue weighted by molar-refractivity contribution is 5.98. The van der Waals surface area contributed by atoms with Crippen molar-refractivity contribution in [1.29, 1.82) is 0 Å². The molecule has 0 saturated carbocycles. The number of carbonyl (C=O) groups excluding carboxylic acids is 5. The van der Waals surface area contributed by atoms with Gasteiger partial charge in [0.05, 0.1) is 35.1 Å². The van der Waals surface area contributed by atoms with E-state index in [2.05, 4.69) is 31.3 Å². The molecule has 0 bridgehead atoms. The predicted octanol–water partition coefficient (Wildman–Crippen LogP) is 3.70. The normalized spacial score (nSPS) is 18.2. The average molecular weight is 810 g/mol. The Hall–Kier alpha value is -6.85. The van der Waals surface area contributed by atoms with Gasteiger partial charge in [-0.3, -0.25) is 19.2 Å². The van der Waals surface area contributed by atoms with Crippen LogP contribution in [-0.2, 0) is 60.4 Å². The van der Waals surface area contributed by atoms with Crippen LogP contribution in [0.25, 0.3) is 32.7 Å². The summed E-state index contributed by atoms with van der Waals surface area (Å²) in [6.45, 7) is 5.39. The molecule has 7 rings (SSSR count). The van der Waals surface area contributed by atoms with Crippen LogP contribution in [0.15, 0.2) is 46.3 Å². The fourth-order valence-corrected chi connectivity index (χ4v) is 7.82. The van der Waals surface area contributed by atoms with Crippen LogP contribution < -0.4 is 26.8 Å². The first-order chi connectivity index (χ1) is 28.1. The molecule has 0 fully saturated rings. The summed E-state index contributed by atoms with van der Waals surface area (Å²) >= 11 is 0. The third-order valence-electron chi connectivity index (χ3n) is 11.1. The summed E-state index contributed by atoms with van der Waals surface area (Å²) in [6, 6.07) is 6.85. The highest BCUT2D eigenvalue weighted by atomic mass is 19.1. The first-order valence-corrected chi connectivity index (χ1v) is 18.9. The number of fused-ring (bicyclic) bond motifs is 5. The molecule has 18 nitrogen and oxygen atoms in total. The molecule has 4 heterocycles. The SMILES string of the molecule is CC[C@@]1(O)C(=O)OCc2c1cc1n(c2=O)Cc2c-1nc1cc(F)c(C)c3c1c2[C@@H](NC(=O)OCc1ccc(NC(=O)[C@H](C)NC(=O)[C@H](C)NC(=O)CN=[N+]=[N-])cc1)CC3. The van der Waals surface area contributed by atoms with Crippen molar-refractivity contribution in [1.82, 2.24) is 25.5 Å². The summed E-state index contributed by atoms with van der Waals surface area (Å²) in [4.78, 5) is 84.2. The van der Waals surface area contributed by atoms with Crippen molar-refractivity contribution in [3.63, 3.8) is 0 Å². The van der Waals surface area contributed by atoms with E-state index in [1.165, 1.54) is 24.5 Å². The van der Waals surface area contributed by atoms with Gasteiger partial charge in [-0.2, -0.15) is 0 Å². The lowest BCUT2D eigenvalue weighted by molar-refractivity contribution is -0.172. The maximum atomic E-state index is 15.3. The van der Waals surface area contributed by atoms with E-state index >= 15 is 4.39 Å². The van der Waals surface area contributed by atoms with E-state index in [-0.39, 0.29) is 37.3 Å². The number of ether oxygens (including phenoxy) is 2. The van der Waals surface area contributed by atoms with Crippen LogP contribution >= 0.6 is 0 Å². The molecule has 306 valence electrons. The van der Waals surface area contributed by atoms with Crippen LogP contribution in [0.2, 0.25) is 0 Å². The van der Waals surface area contributed by atoms with E-state index in [1.807, 2.05) is 0 Å². The zero-order chi connectivity index (χ0) is 42.3. The lowest BCUT2D eigenvalue weighted by Gasteiger charge is -2.31. The summed E-state index contributed by atoms with van der Waals surface area (Å²) in [6.07, 6.45) is 0.0809. The summed E-state index contributed by atoms with van der Waals surface area (Å²) in [5, 5.41) is 25.6. The standard InChI is InChI=1S/C40H40FN9O9/c1-5-40(57)26-12-30-34-24(15-50(30)37(54)25(26)17-58-38(40)55)33-28(11-10-23-18(2)27(41)13-29(47-34)32(23)33)48-39(56)59-16-21-6-8-22(9-7-21)46-36(53)20(4)45-35(52)19(3)44-31(51)14-43-49-42/h6-9,12-13,19-20,28,57H,5,10-11,14-17H2,1-4H3,(H,44,51)(H,45,52)(H,46,53)(H,48,56)/t19-,20-,28-,40-/m0/s1. The van der Waals surface area contributed by atoms with Crippen LogP contribution in [-0.4, -0.2) is 63.1 Å². The number of rotatable bonds is 11. The van der Waals surface area contributed by atoms with Gasteiger partial charge in [-0.05, 0) is 86.0 Å². The highest BCUT2D eigenvalue weighted by Crippen LogP contribution is 2.46. The number of halogens is 1. The molecule has 4 atom stereocenters. The Morgan fingerprint density at radius 3 is 2.54 bits per heavy atom. The van der Waals surface area contributed by atoms with Gasteiger partial charge in [0, 0.05) is 33.2 Å². The number of nitrogens with zero attached hydrogens (tertiary/aromatic N) is 5. The molecule has 5 N–H and O–H groups in total. The molecule has 59 heavy (non-hydrogen) atoms. The first kappa shape index (κ1) is 40.4. The second kappa shape index (κ2) is 15.8. The van der Waals surface area contributed by atoms with E-state index < -0.39 is 71.4 Å². The van der Waals surface area contributed by atoms with Crippen LogP contribution in [0.4, 0.5) is 14.9 Å². The molecule has 2 aromatic carbocycles. The van der Waals surface area contributed by atoms with E-state index in [0.717, 1.165) is 5.56 Å². The van der Waals surface area contributed by atoms with Gasteiger partial charge in [-0.1, -0.05) is 24.2 Å². The van der Waals surface area contributed by atoms with Crippen molar-refractivity contribution in [2.45, 2.75) is 90.4 Å². The fraction of sp³-hybridized carbons (Fsp3) is 0.375. The molecule has 2 aliphatic heterocycles. The Labute approximate surface area is 335 Å². The van der Waals surface area contributed by atoms with E-state index in [9.17, 15) is 33.9 Å². The number of aliphatic hydroxyl groups is 1. The van der Waals surface area contributed by atoms with Crippen molar-refractivity contribution in [2.75, 3.05) is 11.9 Å². The molecular weight excluding hydrogens is 769 g/mol. The van der Waals surface area contributed by atoms with E-state index in [0.29, 0.717) is 63.1 Å². The fourth-order valence-electron chi connectivity index (χ4n) is 7.82. The summed E-state index contributed by atoms with van der Waals surface area (Å²) < 4.78 is 27.6. The molecular formula is C40H40FN9O9. The number of amides is 4. The quantitative estimate of drug-likeness (QED) is 0.0560.